The van der Waals surface area contributed by atoms with Gasteiger partial charge in [-0.1, -0.05) is 6.08 Å². The number of hydrogen-bond donors (Lipinski definition) is 2. The molecule has 0 saturated heterocycles. The van der Waals surface area contributed by atoms with Gasteiger partial charge in [-0.15, -0.1) is 6.58 Å². The second-order valence-corrected chi connectivity index (χ2v) is 3.01. The standard InChI is InChI=1S/C10H9NO5/c1-2-3-6-7(10(13)14)4-5-8(9(6)12)11(15)16/h2,4-5,12H,1,3H2,(H,13,14). The first kappa shape index (κ1) is 11.7. The van der Waals surface area contributed by atoms with Crippen LogP contribution < -0.4 is 0 Å². The molecule has 2 N–H and O–H groups in total. The molecule has 0 spiro atoms. The van der Waals surface area contributed by atoms with E-state index in [9.17, 15) is 20.0 Å². The van der Waals surface area contributed by atoms with Crippen LogP contribution in [0.2, 0.25) is 0 Å². The number of phenols is 1. The van der Waals surface area contributed by atoms with Gasteiger partial charge in [0.2, 0.25) is 0 Å². The molecule has 6 heteroatoms. The highest BCUT2D eigenvalue weighted by Gasteiger charge is 2.22. The SMILES string of the molecule is C=CCc1c(C(=O)O)ccc([N+](=O)[O-])c1O. The second kappa shape index (κ2) is 4.43. The van der Waals surface area contributed by atoms with Crippen molar-refractivity contribution in [3.05, 3.63) is 46.0 Å². The number of aromatic carboxylic acids is 1. The Morgan fingerprint density at radius 2 is 2.19 bits per heavy atom. The third-order valence-electron chi connectivity index (χ3n) is 2.04. The molecule has 6 nitrogen and oxygen atoms in total. The Morgan fingerprint density at radius 3 is 2.62 bits per heavy atom. The number of hydrogen-bond acceptors (Lipinski definition) is 4. The van der Waals surface area contributed by atoms with Gasteiger partial charge in [-0.25, -0.2) is 4.79 Å². The van der Waals surface area contributed by atoms with Crippen LogP contribution in [0.1, 0.15) is 15.9 Å². The zero-order chi connectivity index (χ0) is 12.3. The summed E-state index contributed by atoms with van der Waals surface area (Å²) in [5.41, 5.74) is -0.679. The average molecular weight is 223 g/mol. The molecule has 0 aliphatic heterocycles. The number of carboxylic acid groups (broad SMARTS) is 1. The van der Waals surface area contributed by atoms with Crippen LogP contribution in [0.3, 0.4) is 0 Å². The monoisotopic (exact) mass is 223 g/mol. The number of rotatable bonds is 4. The van der Waals surface area contributed by atoms with E-state index in [0.29, 0.717) is 0 Å². The van der Waals surface area contributed by atoms with Gasteiger partial charge >= 0.3 is 11.7 Å². The molecule has 0 atom stereocenters. The highest BCUT2D eigenvalue weighted by atomic mass is 16.6. The number of phenolic OH excluding ortho intramolecular Hbond substituents is 1. The van der Waals surface area contributed by atoms with Crippen molar-refractivity contribution in [3.63, 3.8) is 0 Å². The summed E-state index contributed by atoms with van der Waals surface area (Å²) in [5.74, 6) is -1.87. The fourth-order valence-electron chi connectivity index (χ4n) is 1.32. The van der Waals surface area contributed by atoms with Gasteiger partial charge in [-0.05, 0) is 12.5 Å². The maximum atomic E-state index is 10.8. The van der Waals surface area contributed by atoms with Crippen molar-refractivity contribution in [2.45, 2.75) is 6.42 Å². The molecular formula is C10H9NO5. The smallest absolute Gasteiger partial charge is 0.336 e. The predicted octanol–water partition coefficient (Wildman–Crippen LogP) is 1.73. The Morgan fingerprint density at radius 1 is 1.56 bits per heavy atom. The van der Waals surface area contributed by atoms with Gasteiger partial charge in [0.15, 0.2) is 5.75 Å². The summed E-state index contributed by atoms with van der Waals surface area (Å²) < 4.78 is 0. The first-order valence-electron chi connectivity index (χ1n) is 4.32. The third kappa shape index (κ3) is 2.00. The van der Waals surface area contributed by atoms with E-state index in [1.807, 2.05) is 0 Å². The number of nitro groups is 1. The van der Waals surface area contributed by atoms with Crippen molar-refractivity contribution >= 4 is 11.7 Å². The molecule has 0 amide bonds. The van der Waals surface area contributed by atoms with Crippen LogP contribution in [0, 0.1) is 10.1 Å². The van der Waals surface area contributed by atoms with Gasteiger partial charge in [0.1, 0.15) is 0 Å². The number of benzene rings is 1. The highest BCUT2D eigenvalue weighted by Crippen LogP contribution is 2.32. The van der Waals surface area contributed by atoms with E-state index in [-0.39, 0.29) is 17.5 Å². The minimum atomic E-state index is -1.25. The van der Waals surface area contributed by atoms with Crippen LogP contribution in [-0.4, -0.2) is 21.1 Å². The number of carboxylic acids is 1. The maximum absolute atomic E-state index is 10.8. The molecule has 0 aliphatic rings. The summed E-state index contributed by atoms with van der Waals surface area (Å²) in [7, 11) is 0. The molecular weight excluding hydrogens is 214 g/mol. The average Bonchev–Trinajstić information content (AvgIpc) is 2.20. The van der Waals surface area contributed by atoms with Gasteiger partial charge in [-0.2, -0.15) is 0 Å². The van der Waals surface area contributed by atoms with Gasteiger partial charge in [0.05, 0.1) is 10.5 Å². The summed E-state index contributed by atoms with van der Waals surface area (Å²) in [6, 6.07) is 2.06. The Kier molecular flexibility index (Phi) is 3.24. The van der Waals surface area contributed by atoms with Crippen molar-refractivity contribution in [2.24, 2.45) is 0 Å². The lowest BCUT2D eigenvalue weighted by molar-refractivity contribution is -0.385. The third-order valence-corrected chi connectivity index (χ3v) is 2.04. The van der Waals surface area contributed by atoms with Crippen molar-refractivity contribution in [2.75, 3.05) is 0 Å². The molecule has 0 saturated carbocycles. The molecule has 0 aromatic heterocycles. The summed E-state index contributed by atoms with van der Waals surface area (Å²) >= 11 is 0. The zero-order valence-electron chi connectivity index (χ0n) is 8.21. The van der Waals surface area contributed by atoms with Crippen molar-refractivity contribution in [1.29, 1.82) is 0 Å². The number of nitrogens with zero attached hydrogens (tertiary/aromatic N) is 1. The molecule has 0 unspecified atom stereocenters. The first-order valence-corrected chi connectivity index (χ1v) is 4.32. The lowest BCUT2D eigenvalue weighted by atomic mass is 10.0. The molecule has 0 bridgehead atoms. The maximum Gasteiger partial charge on any atom is 0.336 e. The van der Waals surface area contributed by atoms with Crippen molar-refractivity contribution in [3.8, 4) is 5.75 Å². The Labute approximate surface area is 90.6 Å². The summed E-state index contributed by atoms with van der Waals surface area (Å²) in [5, 5.41) is 28.9. The first-order chi connectivity index (χ1) is 7.49. The quantitative estimate of drug-likeness (QED) is 0.459. The number of nitro benzene ring substituents is 1. The van der Waals surface area contributed by atoms with Crippen LogP contribution in [0.15, 0.2) is 24.8 Å². The Balaban J connectivity index is 3.46. The Bertz CT molecular complexity index is 467. The predicted molar refractivity (Wildman–Crippen MR) is 55.6 cm³/mol. The summed E-state index contributed by atoms with van der Waals surface area (Å²) in [6.07, 6.45) is 1.42. The fraction of sp³-hybridized carbons (Fsp3) is 0.100. The number of carbonyl (C=O) groups is 1. The van der Waals surface area contributed by atoms with E-state index in [1.165, 1.54) is 6.08 Å². The molecule has 0 aliphatic carbocycles. The largest absolute Gasteiger partial charge is 0.502 e. The summed E-state index contributed by atoms with van der Waals surface area (Å²) in [6.45, 7) is 3.40. The minimum absolute atomic E-state index is 0.00306. The number of allylic oxidation sites excluding steroid dienone is 1. The highest BCUT2D eigenvalue weighted by molar-refractivity contribution is 5.91. The van der Waals surface area contributed by atoms with Crippen LogP contribution in [0.5, 0.6) is 5.75 Å². The molecule has 0 heterocycles. The second-order valence-electron chi connectivity index (χ2n) is 3.01. The minimum Gasteiger partial charge on any atom is -0.502 e. The van der Waals surface area contributed by atoms with E-state index >= 15 is 0 Å². The van der Waals surface area contributed by atoms with E-state index < -0.39 is 22.3 Å². The van der Waals surface area contributed by atoms with E-state index in [1.54, 1.807) is 0 Å². The van der Waals surface area contributed by atoms with E-state index in [0.717, 1.165) is 12.1 Å². The van der Waals surface area contributed by atoms with Crippen LogP contribution in [0.25, 0.3) is 0 Å². The normalized spacial score (nSPS) is 9.75. The molecule has 0 fully saturated rings. The molecule has 1 aromatic carbocycles. The molecule has 1 aromatic rings. The molecule has 1 rings (SSSR count). The topological polar surface area (TPSA) is 101 Å². The lowest BCUT2D eigenvalue weighted by Gasteiger charge is -2.06. The molecule has 0 radical (unpaired) electrons. The van der Waals surface area contributed by atoms with Crippen molar-refractivity contribution in [1.82, 2.24) is 0 Å². The zero-order valence-corrected chi connectivity index (χ0v) is 8.21. The van der Waals surface area contributed by atoms with Crippen molar-refractivity contribution < 1.29 is 19.9 Å². The van der Waals surface area contributed by atoms with Gasteiger partial charge in [0, 0.05) is 11.6 Å². The molecule has 84 valence electrons. The Hall–Kier alpha value is -2.37. The van der Waals surface area contributed by atoms with Crippen LogP contribution in [0.4, 0.5) is 5.69 Å². The lowest BCUT2D eigenvalue weighted by Crippen LogP contribution is -2.03. The van der Waals surface area contributed by atoms with Gasteiger partial charge in [-0.3, -0.25) is 10.1 Å². The molecule has 16 heavy (non-hydrogen) atoms. The summed E-state index contributed by atoms with van der Waals surface area (Å²) in [4.78, 5) is 20.6. The van der Waals surface area contributed by atoms with Gasteiger partial charge < -0.3 is 10.2 Å². The van der Waals surface area contributed by atoms with Crippen LogP contribution >= 0.6 is 0 Å². The van der Waals surface area contributed by atoms with E-state index in [4.69, 9.17) is 5.11 Å². The van der Waals surface area contributed by atoms with E-state index in [2.05, 4.69) is 6.58 Å². The fourth-order valence-corrected chi connectivity index (χ4v) is 1.32. The number of aromatic hydroxyl groups is 1. The van der Waals surface area contributed by atoms with Crippen LogP contribution in [-0.2, 0) is 6.42 Å². The van der Waals surface area contributed by atoms with Gasteiger partial charge in [0.25, 0.3) is 0 Å².